The molecule has 0 amide bonds. The molecule has 1 unspecified atom stereocenters. The van der Waals surface area contributed by atoms with Crippen LogP contribution in [-0.4, -0.2) is 25.8 Å². The summed E-state index contributed by atoms with van der Waals surface area (Å²) in [6.07, 6.45) is 0.710. The van der Waals surface area contributed by atoms with Crippen LogP contribution in [0.2, 0.25) is 5.02 Å². The van der Waals surface area contributed by atoms with Crippen LogP contribution in [0, 0.1) is 6.92 Å². The van der Waals surface area contributed by atoms with E-state index < -0.39 is 10.0 Å². The number of fused-ring (bicyclic) bond motifs is 1. The SMILES string of the molecule is CC.Cc1ccc(S(=O)(=O)N2CCc3ccc(Cl)cc3C(C)C2)cc1. The van der Waals surface area contributed by atoms with Crippen molar-refractivity contribution >= 4 is 21.6 Å². The molecule has 1 aliphatic rings. The molecule has 0 saturated carbocycles. The van der Waals surface area contributed by atoms with Gasteiger partial charge in [0, 0.05) is 18.1 Å². The second kappa shape index (κ2) is 8.35. The summed E-state index contributed by atoms with van der Waals surface area (Å²) in [6.45, 7) is 8.97. The van der Waals surface area contributed by atoms with Gasteiger partial charge in [-0.3, -0.25) is 0 Å². The van der Waals surface area contributed by atoms with Crippen molar-refractivity contribution in [3.63, 3.8) is 0 Å². The Morgan fingerprint density at radius 3 is 2.36 bits per heavy atom. The van der Waals surface area contributed by atoms with E-state index in [9.17, 15) is 8.42 Å². The van der Waals surface area contributed by atoms with E-state index >= 15 is 0 Å². The second-order valence-electron chi connectivity index (χ2n) is 6.17. The molecule has 136 valence electrons. The van der Waals surface area contributed by atoms with Gasteiger partial charge in [0.25, 0.3) is 0 Å². The van der Waals surface area contributed by atoms with Gasteiger partial charge in [0.1, 0.15) is 0 Å². The number of hydrogen-bond acceptors (Lipinski definition) is 2. The van der Waals surface area contributed by atoms with Crippen molar-refractivity contribution in [3.8, 4) is 0 Å². The number of hydrogen-bond donors (Lipinski definition) is 0. The lowest BCUT2D eigenvalue weighted by atomic mass is 9.96. The third-order valence-corrected chi connectivity index (χ3v) is 6.52. The van der Waals surface area contributed by atoms with Crippen LogP contribution in [0.15, 0.2) is 47.4 Å². The number of halogens is 1. The number of rotatable bonds is 2. The normalized spacial score (nSPS) is 17.9. The van der Waals surface area contributed by atoms with Gasteiger partial charge in [-0.05, 0) is 54.7 Å². The third-order valence-electron chi connectivity index (χ3n) is 4.41. The van der Waals surface area contributed by atoms with Gasteiger partial charge in [0.15, 0.2) is 0 Å². The summed E-state index contributed by atoms with van der Waals surface area (Å²) in [6, 6.07) is 12.9. The van der Waals surface area contributed by atoms with Crippen LogP contribution in [0.4, 0.5) is 0 Å². The molecule has 1 heterocycles. The molecule has 2 aromatic carbocycles. The van der Waals surface area contributed by atoms with Crippen molar-refractivity contribution < 1.29 is 8.42 Å². The first-order valence-electron chi connectivity index (χ1n) is 8.73. The molecule has 25 heavy (non-hydrogen) atoms. The van der Waals surface area contributed by atoms with Crippen LogP contribution in [0.3, 0.4) is 0 Å². The molecule has 1 atom stereocenters. The van der Waals surface area contributed by atoms with Crippen molar-refractivity contribution in [3.05, 3.63) is 64.2 Å². The molecule has 0 saturated heterocycles. The Kier molecular flexibility index (Phi) is 6.66. The Balaban J connectivity index is 0.00000109. The number of benzene rings is 2. The molecule has 0 spiro atoms. The first kappa shape index (κ1) is 20.0. The Morgan fingerprint density at radius 1 is 1.08 bits per heavy atom. The van der Waals surface area contributed by atoms with Crippen LogP contribution < -0.4 is 0 Å². The fourth-order valence-electron chi connectivity index (χ4n) is 3.07. The van der Waals surface area contributed by atoms with Crippen LogP contribution in [0.1, 0.15) is 43.4 Å². The summed E-state index contributed by atoms with van der Waals surface area (Å²) < 4.78 is 27.4. The maximum absolute atomic E-state index is 12.9. The van der Waals surface area contributed by atoms with Gasteiger partial charge in [-0.25, -0.2) is 8.42 Å². The van der Waals surface area contributed by atoms with Crippen molar-refractivity contribution in [2.45, 2.75) is 44.9 Å². The van der Waals surface area contributed by atoms with Gasteiger partial charge in [0.2, 0.25) is 10.0 Å². The molecule has 2 aromatic rings. The highest BCUT2D eigenvalue weighted by atomic mass is 35.5. The summed E-state index contributed by atoms with van der Waals surface area (Å²) in [5.74, 6) is 0.117. The molecule has 0 aromatic heterocycles. The molecule has 0 N–H and O–H groups in total. The quantitative estimate of drug-likeness (QED) is 0.734. The maximum atomic E-state index is 12.9. The molecule has 1 aliphatic heterocycles. The van der Waals surface area contributed by atoms with Gasteiger partial charge in [-0.2, -0.15) is 4.31 Å². The van der Waals surface area contributed by atoms with E-state index in [1.54, 1.807) is 16.4 Å². The fraction of sp³-hybridized carbons (Fsp3) is 0.400. The van der Waals surface area contributed by atoms with Gasteiger partial charge in [0.05, 0.1) is 4.90 Å². The third kappa shape index (κ3) is 4.43. The second-order valence-corrected chi connectivity index (χ2v) is 8.54. The average Bonchev–Trinajstić information content (AvgIpc) is 2.77. The number of aryl methyl sites for hydroxylation is 1. The summed E-state index contributed by atoms with van der Waals surface area (Å²) in [7, 11) is -3.46. The highest BCUT2D eigenvalue weighted by Crippen LogP contribution is 2.30. The van der Waals surface area contributed by atoms with E-state index in [0.717, 1.165) is 11.1 Å². The lowest BCUT2D eigenvalue weighted by Gasteiger charge is -2.22. The zero-order valence-electron chi connectivity index (χ0n) is 15.3. The van der Waals surface area contributed by atoms with Gasteiger partial charge >= 0.3 is 0 Å². The molecule has 5 heteroatoms. The maximum Gasteiger partial charge on any atom is 0.243 e. The number of nitrogens with zero attached hydrogens (tertiary/aromatic N) is 1. The largest absolute Gasteiger partial charge is 0.243 e. The van der Waals surface area contributed by atoms with Crippen LogP contribution in [-0.2, 0) is 16.4 Å². The standard InChI is InChI=1S/C18H20ClNO2S.C2H6/c1-13-3-7-17(8-4-13)23(21,22)20-10-9-15-5-6-16(19)11-18(15)14(2)12-20;1-2/h3-8,11,14H,9-10,12H2,1-2H3;1-2H3. The monoisotopic (exact) mass is 379 g/mol. The smallest absolute Gasteiger partial charge is 0.207 e. The molecule has 3 nitrogen and oxygen atoms in total. The number of sulfonamides is 1. The van der Waals surface area contributed by atoms with E-state index in [4.69, 9.17) is 11.6 Å². The lowest BCUT2D eigenvalue weighted by Crippen LogP contribution is -2.34. The summed E-state index contributed by atoms with van der Waals surface area (Å²) in [5, 5.41) is 0.699. The molecule has 0 bridgehead atoms. The Morgan fingerprint density at radius 2 is 1.72 bits per heavy atom. The Hall–Kier alpha value is -1.36. The van der Waals surface area contributed by atoms with Crippen molar-refractivity contribution in [1.29, 1.82) is 0 Å². The van der Waals surface area contributed by atoms with Crippen LogP contribution >= 0.6 is 11.6 Å². The highest BCUT2D eigenvalue weighted by molar-refractivity contribution is 7.89. The predicted octanol–water partition coefficient (Wildman–Crippen LogP) is 5.03. The summed E-state index contributed by atoms with van der Waals surface area (Å²) in [4.78, 5) is 0.360. The Labute approximate surface area is 156 Å². The summed E-state index contributed by atoms with van der Waals surface area (Å²) >= 11 is 6.10. The predicted molar refractivity (Wildman–Crippen MR) is 105 cm³/mol. The first-order valence-corrected chi connectivity index (χ1v) is 10.5. The zero-order chi connectivity index (χ0) is 18.6. The fourth-order valence-corrected chi connectivity index (χ4v) is 4.78. The highest BCUT2D eigenvalue weighted by Gasteiger charge is 2.29. The molecule has 0 radical (unpaired) electrons. The van der Waals surface area contributed by atoms with Crippen LogP contribution in [0.5, 0.6) is 0 Å². The minimum absolute atomic E-state index is 0.117. The molecular weight excluding hydrogens is 354 g/mol. The lowest BCUT2D eigenvalue weighted by molar-refractivity contribution is 0.406. The van der Waals surface area contributed by atoms with E-state index in [1.807, 2.05) is 51.1 Å². The zero-order valence-corrected chi connectivity index (χ0v) is 16.9. The van der Waals surface area contributed by atoms with Gasteiger partial charge < -0.3 is 0 Å². The topological polar surface area (TPSA) is 37.4 Å². The van der Waals surface area contributed by atoms with E-state index in [0.29, 0.717) is 29.4 Å². The van der Waals surface area contributed by atoms with Gasteiger partial charge in [-0.15, -0.1) is 0 Å². The minimum atomic E-state index is -3.46. The van der Waals surface area contributed by atoms with Crippen LogP contribution in [0.25, 0.3) is 0 Å². The Bertz CT molecular complexity index is 816. The van der Waals surface area contributed by atoms with Crippen molar-refractivity contribution in [2.24, 2.45) is 0 Å². The summed E-state index contributed by atoms with van der Waals surface area (Å²) in [5.41, 5.74) is 3.39. The molecule has 0 aliphatic carbocycles. The van der Waals surface area contributed by atoms with E-state index in [-0.39, 0.29) is 5.92 Å². The van der Waals surface area contributed by atoms with Crippen molar-refractivity contribution in [2.75, 3.05) is 13.1 Å². The molecule has 0 fully saturated rings. The first-order chi connectivity index (χ1) is 11.9. The van der Waals surface area contributed by atoms with E-state index in [2.05, 4.69) is 6.92 Å². The van der Waals surface area contributed by atoms with Gasteiger partial charge in [-0.1, -0.05) is 56.1 Å². The average molecular weight is 380 g/mol. The molecular formula is C20H26ClNO2S. The minimum Gasteiger partial charge on any atom is -0.207 e. The van der Waals surface area contributed by atoms with Crippen molar-refractivity contribution in [1.82, 2.24) is 4.31 Å². The van der Waals surface area contributed by atoms with E-state index in [1.165, 1.54) is 5.56 Å². The molecule has 3 rings (SSSR count).